The molecular formula is C10H12BrClN2O2S. The van der Waals surface area contributed by atoms with Crippen LogP contribution in [0.1, 0.15) is 18.5 Å². The molecule has 94 valence electrons. The molecule has 1 saturated heterocycles. The van der Waals surface area contributed by atoms with E-state index >= 15 is 0 Å². The summed E-state index contributed by atoms with van der Waals surface area (Å²) in [4.78, 5) is 0. The van der Waals surface area contributed by atoms with Gasteiger partial charge in [-0.15, -0.1) is 5.10 Å². The van der Waals surface area contributed by atoms with Crippen molar-refractivity contribution in [3.05, 3.63) is 21.4 Å². The second kappa shape index (κ2) is 5.20. The van der Waals surface area contributed by atoms with E-state index in [1.807, 2.05) is 0 Å². The Morgan fingerprint density at radius 3 is 2.88 bits per heavy atom. The monoisotopic (exact) mass is 338 g/mol. The number of hydrogen-bond acceptors (Lipinski definition) is 4. The van der Waals surface area contributed by atoms with Gasteiger partial charge >= 0.3 is 0 Å². The van der Waals surface area contributed by atoms with Gasteiger partial charge in [-0.2, -0.15) is 5.10 Å². The van der Waals surface area contributed by atoms with Crippen molar-refractivity contribution in [1.82, 2.24) is 10.2 Å². The normalized spacial score (nSPS) is 23.5. The van der Waals surface area contributed by atoms with Crippen molar-refractivity contribution in [2.75, 3.05) is 11.5 Å². The van der Waals surface area contributed by atoms with E-state index in [0.29, 0.717) is 21.8 Å². The summed E-state index contributed by atoms with van der Waals surface area (Å²) in [6, 6.07) is 1.80. The molecular weight excluding hydrogens is 328 g/mol. The summed E-state index contributed by atoms with van der Waals surface area (Å²) in [6.45, 7) is 0. The van der Waals surface area contributed by atoms with E-state index in [2.05, 4.69) is 26.1 Å². The first-order chi connectivity index (χ1) is 7.96. The second-order valence-corrected chi connectivity index (χ2v) is 7.74. The Morgan fingerprint density at radius 2 is 2.24 bits per heavy atom. The molecule has 1 aromatic rings. The molecule has 17 heavy (non-hydrogen) atoms. The van der Waals surface area contributed by atoms with Gasteiger partial charge in [0, 0.05) is 0 Å². The van der Waals surface area contributed by atoms with Crippen LogP contribution in [0, 0.1) is 5.92 Å². The molecule has 1 fully saturated rings. The first kappa shape index (κ1) is 13.2. The fraction of sp³-hybridized carbons (Fsp3) is 0.600. The summed E-state index contributed by atoms with van der Waals surface area (Å²) >= 11 is 9.03. The molecule has 2 rings (SSSR count). The van der Waals surface area contributed by atoms with Gasteiger partial charge in [0.25, 0.3) is 0 Å². The second-order valence-electron chi connectivity index (χ2n) is 4.30. The van der Waals surface area contributed by atoms with Gasteiger partial charge in [-0.25, -0.2) is 8.42 Å². The number of halogens is 2. The first-order valence-corrected chi connectivity index (χ1v) is 8.33. The maximum atomic E-state index is 11.5. The lowest BCUT2D eigenvalue weighted by molar-refractivity contribution is 0.478. The lowest BCUT2D eigenvalue weighted by Gasteiger charge is -2.21. The minimum atomic E-state index is -2.86. The van der Waals surface area contributed by atoms with Crippen LogP contribution in [0.25, 0.3) is 0 Å². The van der Waals surface area contributed by atoms with Gasteiger partial charge in [0.1, 0.15) is 0 Å². The number of sulfone groups is 1. The maximum Gasteiger partial charge on any atom is 0.165 e. The summed E-state index contributed by atoms with van der Waals surface area (Å²) < 4.78 is 23.7. The molecule has 2 heterocycles. The summed E-state index contributed by atoms with van der Waals surface area (Å²) in [6.07, 6.45) is 2.32. The molecule has 1 aromatic heterocycles. The smallest absolute Gasteiger partial charge is 0.165 e. The summed E-state index contributed by atoms with van der Waals surface area (Å²) in [5, 5.41) is 8.10. The third kappa shape index (κ3) is 3.63. The van der Waals surface area contributed by atoms with Crippen LogP contribution in [0.2, 0.25) is 5.15 Å². The lowest BCUT2D eigenvalue weighted by atomic mass is 9.99. The Balaban J connectivity index is 2.08. The van der Waals surface area contributed by atoms with Crippen LogP contribution in [0.15, 0.2) is 10.5 Å². The van der Waals surface area contributed by atoms with Gasteiger partial charge in [0.05, 0.1) is 21.7 Å². The van der Waals surface area contributed by atoms with Gasteiger partial charge in [0.15, 0.2) is 15.0 Å². The molecule has 0 saturated carbocycles. The number of aromatic nitrogens is 2. The van der Waals surface area contributed by atoms with Crippen molar-refractivity contribution in [3.8, 4) is 0 Å². The molecule has 0 spiro atoms. The van der Waals surface area contributed by atoms with Crippen molar-refractivity contribution >= 4 is 37.4 Å². The van der Waals surface area contributed by atoms with Crippen molar-refractivity contribution in [2.24, 2.45) is 5.92 Å². The highest BCUT2D eigenvalue weighted by molar-refractivity contribution is 9.10. The molecule has 0 N–H and O–H groups in total. The van der Waals surface area contributed by atoms with Crippen LogP contribution >= 0.6 is 27.5 Å². The molecule has 0 aromatic carbocycles. The van der Waals surface area contributed by atoms with Crippen LogP contribution in [0.5, 0.6) is 0 Å². The lowest BCUT2D eigenvalue weighted by Crippen LogP contribution is -2.26. The molecule has 0 radical (unpaired) electrons. The molecule has 0 bridgehead atoms. The zero-order valence-corrected chi connectivity index (χ0v) is 12.2. The Bertz CT molecular complexity index is 521. The van der Waals surface area contributed by atoms with Crippen molar-refractivity contribution in [3.63, 3.8) is 0 Å². The minimum absolute atomic E-state index is 0.149. The summed E-state index contributed by atoms with van der Waals surface area (Å²) in [5.74, 6) is 0.727. The molecule has 7 heteroatoms. The van der Waals surface area contributed by atoms with E-state index in [9.17, 15) is 8.42 Å². The van der Waals surface area contributed by atoms with Crippen LogP contribution in [-0.4, -0.2) is 30.1 Å². The molecule has 1 aliphatic heterocycles. The topological polar surface area (TPSA) is 59.9 Å². The predicted molar refractivity (Wildman–Crippen MR) is 69.8 cm³/mol. The van der Waals surface area contributed by atoms with Crippen LogP contribution in [-0.2, 0) is 16.3 Å². The molecule has 1 aliphatic rings. The molecule has 0 amide bonds. The first-order valence-electron chi connectivity index (χ1n) is 5.34. The Labute approximate surface area is 114 Å². The van der Waals surface area contributed by atoms with E-state index < -0.39 is 9.84 Å². The van der Waals surface area contributed by atoms with Crippen LogP contribution in [0.3, 0.4) is 0 Å². The van der Waals surface area contributed by atoms with Crippen molar-refractivity contribution < 1.29 is 8.42 Å². The number of rotatable bonds is 2. The highest BCUT2D eigenvalue weighted by atomic mass is 79.9. The fourth-order valence-electron chi connectivity index (χ4n) is 2.06. The van der Waals surface area contributed by atoms with E-state index in [4.69, 9.17) is 11.6 Å². The number of nitrogens with zero attached hydrogens (tertiary/aromatic N) is 2. The highest BCUT2D eigenvalue weighted by Gasteiger charge is 2.25. The van der Waals surface area contributed by atoms with Crippen LogP contribution in [0.4, 0.5) is 0 Å². The Kier molecular flexibility index (Phi) is 4.05. The third-order valence-electron chi connectivity index (χ3n) is 2.81. The summed E-state index contributed by atoms with van der Waals surface area (Å²) in [5.41, 5.74) is 0.781. The van der Waals surface area contributed by atoms with Crippen molar-refractivity contribution in [1.29, 1.82) is 0 Å². The summed E-state index contributed by atoms with van der Waals surface area (Å²) in [7, 11) is -2.86. The largest absolute Gasteiger partial charge is 0.229 e. The minimum Gasteiger partial charge on any atom is -0.229 e. The van der Waals surface area contributed by atoms with Crippen LogP contribution < -0.4 is 0 Å². The van der Waals surface area contributed by atoms with Crippen molar-refractivity contribution in [2.45, 2.75) is 19.3 Å². The SMILES string of the molecule is O=S1(=O)CCCC(Cc2cc(Br)c(Cl)nn2)C1. The molecule has 0 aliphatic carbocycles. The zero-order valence-electron chi connectivity index (χ0n) is 9.07. The standard InChI is InChI=1S/C10H12BrClN2O2S/c11-9-5-8(13-14-10(9)12)4-7-2-1-3-17(15,16)6-7/h5,7H,1-4,6H2. The third-order valence-corrected chi connectivity index (χ3v) is 5.81. The van der Waals surface area contributed by atoms with Gasteiger partial charge in [-0.1, -0.05) is 11.6 Å². The Hall–Kier alpha value is -0.200. The highest BCUT2D eigenvalue weighted by Crippen LogP contribution is 2.24. The predicted octanol–water partition coefficient (Wildman–Crippen LogP) is 2.26. The van der Waals surface area contributed by atoms with E-state index in [1.54, 1.807) is 6.07 Å². The molecule has 1 unspecified atom stereocenters. The van der Waals surface area contributed by atoms with Gasteiger partial charge in [-0.05, 0) is 47.2 Å². The fourth-order valence-corrected chi connectivity index (χ4v) is 4.28. The van der Waals surface area contributed by atoms with E-state index in [0.717, 1.165) is 18.5 Å². The average Bonchev–Trinajstić information content (AvgIpc) is 2.22. The maximum absolute atomic E-state index is 11.5. The van der Waals surface area contributed by atoms with E-state index in [-0.39, 0.29) is 11.7 Å². The zero-order chi connectivity index (χ0) is 12.5. The molecule has 1 atom stereocenters. The quantitative estimate of drug-likeness (QED) is 0.829. The molecule has 4 nitrogen and oxygen atoms in total. The van der Waals surface area contributed by atoms with Gasteiger partial charge in [0.2, 0.25) is 0 Å². The van der Waals surface area contributed by atoms with Gasteiger partial charge < -0.3 is 0 Å². The average molecular weight is 340 g/mol. The Morgan fingerprint density at radius 1 is 1.47 bits per heavy atom. The van der Waals surface area contributed by atoms with Gasteiger partial charge in [-0.3, -0.25) is 0 Å². The number of hydrogen-bond donors (Lipinski definition) is 0. The van der Waals surface area contributed by atoms with E-state index in [1.165, 1.54) is 0 Å².